The van der Waals surface area contributed by atoms with Gasteiger partial charge < -0.3 is 30.3 Å². The zero-order chi connectivity index (χ0) is 25.8. The largest absolute Gasteiger partial charge is 0.482 e. The van der Waals surface area contributed by atoms with Crippen LogP contribution in [0.2, 0.25) is 5.02 Å². The van der Waals surface area contributed by atoms with Crippen LogP contribution >= 0.6 is 11.6 Å². The summed E-state index contributed by atoms with van der Waals surface area (Å²) in [5.74, 6) is -1.02. The Morgan fingerprint density at radius 2 is 2.17 bits per heavy atom. The maximum atomic E-state index is 12.2. The summed E-state index contributed by atoms with van der Waals surface area (Å²) in [5, 5.41) is 29.1. The molecule has 15 nitrogen and oxygen atoms in total. The van der Waals surface area contributed by atoms with Crippen LogP contribution in [0.3, 0.4) is 0 Å². The van der Waals surface area contributed by atoms with Crippen LogP contribution in [0.5, 0.6) is 5.75 Å². The molecule has 0 aliphatic carbocycles. The summed E-state index contributed by atoms with van der Waals surface area (Å²) < 4.78 is 12.5. The predicted molar refractivity (Wildman–Crippen MR) is 124 cm³/mol. The van der Waals surface area contributed by atoms with Crippen molar-refractivity contribution < 1.29 is 29.3 Å². The first kappa shape index (κ1) is 24.9. The minimum absolute atomic E-state index is 0.161. The quantitative estimate of drug-likeness (QED) is 0.181. The summed E-state index contributed by atoms with van der Waals surface area (Å²) in [7, 11) is 1.40. The van der Waals surface area contributed by atoms with Crippen LogP contribution in [0.25, 0.3) is 21.6 Å². The molecule has 188 valence electrons. The number of imidazole rings is 1. The maximum Gasteiger partial charge on any atom is 0.341 e. The van der Waals surface area contributed by atoms with Crippen molar-refractivity contribution >= 4 is 40.5 Å². The zero-order valence-corrected chi connectivity index (χ0v) is 19.4. The second-order valence-corrected chi connectivity index (χ2v) is 8.02. The van der Waals surface area contributed by atoms with Crippen LogP contribution in [0.1, 0.15) is 11.8 Å². The molecule has 3 aromatic rings. The lowest BCUT2D eigenvalue weighted by molar-refractivity contribution is -0.139. The highest BCUT2D eigenvalue weighted by Crippen LogP contribution is 2.34. The summed E-state index contributed by atoms with van der Waals surface area (Å²) >= 11 is 6.09. The number of carboxylic acids is 1. The van der Waals surface area contributed by atoms with Gasteiger partial charge in [0, 0.05) is 29.1 Å². The number of carboxylic acid groups (broad SMARTS) is 1. The Balaban J connectivity index is 1.60. The van der Waals surface area contributed by atoms with E-state index in [0.29, 0.717) is 27.7 Å². The number of aliphatic hydroxyl groups is 1. The van der Waals surface area contributed by atoms with Crippen LogP contribution in [-0.2, 0) is 20.9 Å². The number of benzene rings is 1. The van der Waals surface area contributed by atoms with Crippen LogP contribution in [0.4, 0.5) is 5.82 Å². The monoisotopic (exact) mass is 517 g/mol. The fraction of sp³-hybridized carbons (Fsp3) is 0.350. The zero-order valence-electron chi connectivity index (χ0n) is 18.6. The summed E-state index contributed by atoms with van der Waals surface area (Å²) in [6.45, 7) is -0.358. The van der Waals surface area contributed by atoms with E-state index >= 15 is 0 Å². The number of likely N-dealkylation sites (N-methyl/N-ethyl adjacent to an activating group) is 1. The van der Waals surface area contributed by atoms with Crippen molar-refractivity contribution in [3.05, 3.63) is 51.9 Å². The van der Waals surface area contributed by atoms with Gasteiger partial charge in [-0.1, -0.05) is 16.7 Å². The highest BCUT2D eigenvalue weighted by molar-refractivity contribution is 6.30. The van der Waals surface area contributed by atoms with E-state index in [-0.39, 0.29) is 12.2 Å². The van der Waals surface area contributed by atoms with Gasteiger partial charge in [0.1, 0.15) is 30.3 Å². The minimum atomic E-state index is -1.35. The van der Waals surface area contributed by atoms with E-state index < -0.39 is 43.0 Å². The number of anilines is 1. The molecule has 1 fully saturated rings. The number of aliphatic carboxylic acids is 1. The molecule has 2 aromatic heterocycles. The SMILES string of the molecule is CNC(=O)C1OC(n2cnc3c(NCc4cc(Cl)ccc4OCC(=O)O)ncnc32)C(O)C1N=[N+]=[N-]. The average Bonchev–Trinajstić information content (AvgIpc) is 3.43. The number of nitrogens with one attached hydrogen (secondary N) is 2. The lowest BCUT2D eigenvalue weighted by Gasteiger charge is -2.17. The first-order valence-corrected chi connectivity index (χ1v) is 10.9. The van der Waals surface area contributed by atoms with Crippen molar-refractivity contribution in [1.29, 1.82) is 0 Å². The standard InChI is InChI=1S/C20H20ClN9O6/c1-23-19(34)16-13(28-29-22)15(33)20(36-16)30-8-27-14-17(25-7-26-18(14)30)24-5-9-4-10(21)2-3-11(9)35-6-12(31)32/h2-4,7-8,13,15-16,20,33H,5-6H2,1H3,(H,23,34)(H,31,32)(H,24,25,26). The molecule has 1 aromatic carbocycles. The Labute approximate surface area is 207 Å². The van der Waals surface area contributed by atoms with E-state index in [0.717, 1.165) is 0 Å². The minimum Gasteiger partial charge on any atom is -0.482 e. The molecule has 0 spiro atoms. The van der Waals surface area contributed by atoms with Crippen molar-refractivity contribution in [2.75, 3.05) is 19.0 Å². The van der Waals surface area contributed by atoms with Gasteiger partial charge in [0.25, 0.3) is 0 Å². The molecule has 1 saturated heterocycles. The smallest absolute Gasteiger partial charge is 0.341 e. The molecule has 0 bridgehead atoms. The number of aromatic nitrogens is 4. The first-order chi connectivity index (χ1) is 17.3. The number of ether oxygens (including phenoxy) is 2. The highest BCUT2D eigenvalue weighted by Gasteiger charge is 2.48. The third kappa shape index (κ3) is 4.94. The third-order valence-electron chi connectivity index (χ3n) is 5.38. The maximum absolute atomic E-state index is 12.2. The fourth-order valence-corrected chi connectivity index (χ4v) is 3.94. The van der Waals surface area contributed by atoms with Crippen molar-refractivity contribution in [3.8, 4) is 5.75 Å². The Morgan fingerprint density at radius 1 is 1.36 bits per heavy atom. The van der Waals surface area contributed by atoms with Crippen LogP contribution in [0, 0.1) is 0 Å². The van der Waals surface area contributed by atoms with Crippen molar-refractivity contribution in [1.82, 2.24) is 24.8 Å². The van der Waals surface area contributed by atoms with E-state index in [1.807, 2.05) is 0 Å². The third-order valence-corrected chi connectivity index (χ3v) is 5.62. The van der Waals surface area contributed by atoms with E-state index in [4.69, 9.17) is 31.7 Å². The molecule has 4 N–H and O–H groups in total. The number of nitrogens with zero attached hydrogens (tertiary/aromatic N) is 7. The number of halogens is 1. The van der Waals surface area contributed by atoms with Gasteiger partial charge >= 0.3 is 5.97 Å². The molecular formula is C20H20ClN9O6. The van der Waals surface area contributed by atoms with E-state index in [1.54, 1.807) is 18.2 Å². The molecule has 1 amide bonds. The predicted octanol–water partition coefficient (Wildman–Crippen LogP) is 1.24. The Hall–Kier alpha value is -4.17. The normalized spacial score (nSPS) is 21.1. The molecule has 16 heteroatoms. The van der Waals surface area contributed by atoms with Gasteiger partial charge in [-0.15, -0.1) is 0 Å². The number of aliphatic hydroxyl groups excluding tert-OH is 1. The molecule has 3 heterocycles. The first-order valence-electron chi connectivity index (χ1n) is 10.5. The van der Waals surface area contributed by atoms with Gasteiger partial charge in [0.15, 0.2) is 29.8 Å². The van der Waals surface area contributed by atoms with Crippen molar-refractivity contribution in [2.24, 2.45) is 5.11 Å². The van der Waals surface area contributed by atoms with E-state index in [1.165, 1.54) is 24.3 Å². The van der Waals surface area contributed by atoms with Gasteiger partial charge in [-0.25, -0.2) is 19.7 Å². The molecule has 1 aliphatic heterocycles. The molecule has 36 heavy (non-hydrogen) atoms. The summed E-state index contributed by atoms with van der Waals surface area (Å²) in [6.07, 6.45) is -1.05. The summed E-state index contributed by atoms with van der Waals surface area (Å²) in [4.78, 5) is 38.5. The molecule has 4 unspecified atom stereocenters. The van der Waals surface area contributed by atoms with Gasteiger partial charge in [0.2, 0.25) is 5.91 Å². The number of rotatable bonds is 9. The Kier molecular flexibility index (Phi) is 7.36. The van der Waals surface area contributed by atoms with E-state index in [9.17, 15) is 14.7 Å². The average molecular weight is 518 g/mol. The van der Waals surface area contributed by atoms with Crippen LogP contribution in [0.15, 0.2) is 36.0 Å². The summed E-state index contributed by atoms with van der Waals surface area (Å²) in [5.41, 5.74) is 10.0. The molecule has 0 saturated carbocycles. The lowest BCUT2D eigenvalue weighted by atomic mass is 10.1. The summed E-state index contributed by atoms with van der Waals surface area (Å²) in [6, 6.07) is 3.60. The van der Waals surface area contributed by atoms with Gasteiger partial charge in [0.05, 0.1) is 6.33 Å². The number of azide groups is 1. The molecule has 4 atom stereocenters. The molecule has 0 radical (unpaired) electrons. The van der Waals surface area contributed by atoms with Crippen LogP contribution < -0.4 is 15.4 Å². The fourth-order valence-electron chi connectivity index (χ4n) is 3.75. The number of fused-ring (bicyclic) bond motifs is 1. The van der Waals surface area contributed by atoms with Crippen LogP contribution in [-0.4, -0.2) is 73.5 Å². The second-order valence-electron chi connectivity index (χ2n) is 7.58. The van der Waals surface area contributed by atoms with Gasteiger partial charge in [-0.3, -0.25) is 9.36 Å². The molecular weight excluding hydrogens is 498 g/mol. The molecule has 4 rings (SSSR count). The van der Waals surface area contributed by atoms with E-state index in [2.05, 4.69) is 35.6 Å². The lowest BCUT2D eigenvalue weighted by Crippen LogP contribution is -2.40. The Bertz CT molecular complexity index is 1340. The number of amides is 1. The van der Waals surface area contributed by atoms with Gasteiger partial charge in [-0.05, 0) is 23.7 Å². The topological polar surface area (TPSA) is 209 Å². The van der Waals surface area contributed by atoms with Crippen molar-refractivity contribution in [3.63, 3.8) is 0 Å². The molecule has 1 aliphatic rings. The Morgan fingerprint density at radius 3 is 2.89 bits per heavy atom. The number of hydrogen-bond acceptors (Lipinski definition) is 10. The number of carbonyl (C=O) groups is 2. The number of carbonyl (C=O) groups excluding carboxylic acids is 1. The number of hydrogen-bond donors (Lipinski definition) is 4. The second kappa shape index (κ2) is 10.6. The van der Waals surface area contributed by atoms with Crippen molar-refractivity contribution in [2.45, 2.75) is 31.0 Å². The highest BCUT2D eigenvalue weighted by atomic mass is 35.5. The van der Waals surface area contributed by atoms with Gasteiger partial charge in [-0.2, -0.15) is 0 Å².